The maximum Gasteiger partial charge on any atom is 0.109 e. The average Bonchev–Trinajstić information content (AvgIpc) is 3.00. The summed E-state index contributed by atoms with van der Waals surface area (Å²) in [4.78, 5) is 0. The number of halogens is 1. The zero-order chi connectivity index (χ0) is 14.6. The minimum absolute atomic E-state index is 0.332. The molecule has 110 valence electrons. The van der Waals surface area contributed by atoms with Crippen LogP contribution >= 0.6 is 11.6 Å². The topological polar surface area (TPSA) is 53.6 Å². The smallest absolute Gasteiger partial charge is 0.109 e. The SMILES string of the molecule is CCCNC1(C#N)CCCC1CCn1ncc(Cl)c1C. The van der Waals surface area contributed by atoms with Gasteiger partial charge in [-0.1, -0.05) is 24.9 Å². The van der Waals surface area contributed by atoms with E-state index >= 15 is 0 Å². The standard InChI is InChI=1S/C15H23ClN4/c1-3-8-18-15(11-17)7-4-5-13(15)6-9-20-12(2)14(16)10-19-20/h10,13,18H,3-9H2,1-2H3. The van der Waals surface area contributed by atoms with Gasteiger partial charge in [0.05, 0.1) is 23.0 Å². The molecule has 1 aromatic heterocycles. The highest BCUT2D eigenvalue weighted by Crippen LogP contribution is 2.38. The Bertz CT molecular complexity index is 491. The van der Waals surface area contributed by atoms with Gasteiger partial charge in [-0.2, -0.15) is 10.4 Å². The van der Waals surface area contributed by atoms with E-state index in [0.717, 1.165) is 50.9 Å². The third kappa shape index (κ3) is 2.99. The zero-order valence-electron chi connectivity index (χ0n) is 12.3. The lowest BCUT2D eigenvalue weighted by Gasteiger charge is -2.30. The molecule has 1 aromatic rings. The number of hydrogen-bond acceptors (Lipinski definition) is 3. The van der Waals surface area contributed by atoms with Gasteiger partial charge in [0.15, 0.2) is 0 Å². The summed E-state index contributed by atoms with van der Waals surface area (Å²) in [5, 5.41) is 18.1. The lowest BCUT2D eigenvalue weighted by Crippen LogP contribution is -2.47. The molecule has 0 amide bonds. The number of aromatic nitrogens is 2. The van der Waals surface area contributed by atoms with E-state index in [2.05, 4.69) is 23.4 Å². The lowest BCUT2D eigenvalue weighted by atomic mass is 9.85. The third-order valence-corrected chi connectivity index (χ3v) is 4.81. The Kier molecular flexibility index (Phi) is 5.06. The summed E-state index contributed by atoms with van der Waals surface area (Å²) in [5.74, 6) is 0.404. The predicted molar refractivity (Wildman–Crippen MR) is 80.6 cm³/mol. The molecular formula is C15H23ClN4. The first-order valence-corrected chi connectivity index (χ1v) is 7.85. The van der Waals surface area contributed by atoms with Gasteiger partial charge >= 0.3 is 0 Å². The van der Waals surface area contributed by atoms with E-state index in [4.69, 9.17) is 11.6 Å². The number of rotatable bonds is 6. The van der Waals surface area contributed by atoms with E-state index < -0.39 is 0 Å². The van der Waals surface area contributed by atoms with Gasteiger partial charge in [0.1, 0.15) is 5.54 Å². The Morgan fingerprint density at radius 2 is 2.45 bits per heavy atom. The Hall–Kier alpha value is -1.05. The molecule has 4 nitrogen and oxygen atoms in total. The molecule has 0 bridgehead atoms. The molecule has 1 fully saturated rings. The summed E-state index contributed by atoms with van der Waals surface area (Å²) in [5.41, 5.74) is 0.676. The largest absolute Gasteiger partial charge is 0.299 e. The molecule has 1 N–H and O–H groups in total. The average molecular weight is 295 g/mol. The lowest BCUT2D eigenvalue weighted by molar-refractivity contribution is 0.286. The Morgan fingerprint density at radius 1 is 1.65 bits per heavy atom. The summed E-state index contributed by atoms with van der Waals surface area (Å²) in [7, 11) is 0. The number of hydrogen-bond donors (Lipinski definition) is 1. The molecule has 1 aliphatic carbocycles. The zero-order valence-corrected chi connectivity index (χ0v) is 13.1. The Morgan fingerprint density at radius 3 is 3.05 bits per heavy atom. The highest BCUT2D eigenvalue weighted by atomic mass is 35.5. The molecule has 1 heterocycles. The predicted octanol–water partition coefficient (Wildman–Crippen LogP) is 3.30. The van der Waals surface area contributed by atoms with Crippen molar-refractivity contribution in [1.29, 1.82) is 5.26 Å². The fourth-order valence-corrected chi connectivity index (χ4v) is 3.30. The van der Waals surface area contributed by atoms with Crippen LogP contribution in [0.2, 0.25) is 5.02 Å². The van der Waals surface area contributed by atoms with Crippen LogP contribution in [-0.4, -0.2) is 21.9 Å². The van der Waals surface area contributed by atoms with Gasteiger partial charge in [-0.05, 0) is 45.1 Å². The molecular weight excluding hydrogens is 272 g/mol. The summed E-state index contributed by atoms with van der Waals surface area (Å²) < 4.78 is 1.95. The number of nitrogens with zero attached hydrogens (tertiary/aromatic N) is 3. The maximum atomic E-state index is 9.61. The minimum Gasteiger partial charge on any atom is -0.299 e. The molecule has 5 heteroatoms. The van der Waals surface area contributed by atoms with Gasteiger partial charge in [-0.25, -0.2) is 0 Å². The molecule has 1 aliphatic rings. The van der Waals surface area contributed by atoms with Crippen LogP contribution in [0, 0.1) is 24.2 Å². The van der Waals surface area contributed by atoms with Crippen molar-refractivity contribution < 1.29 is 0 Å². The van der Waals surface area contributed by atoms with Crippen LogP contribution in [0.1, 0.15) is 44.7 Å². The van der Waals surface area contributed by atoms with Crippen molar-refractivity contribution in [1.82, 2.24) is 15.1 Å². The fraction of sp³-hybridized carbons (Fsp3) is 0.733. The highest BCUT2D eigenvalue weighted by molar-refractivity contribution is 6.31. The molecule has 0 radical (unpaired) electrons. The fourth-order valence-electron chi connectivity index (χ4n) is 3.16. The monoisotopic (exact) mass is 294 g/mol. The molecule has 0 aliphatic heterocycles. The van der Waals surface area contributed by atoms with E-state index in [1.54, 1.807) is 6.20 Å². The van der Waals surface area contributed by atoms with Gasteiger partial charge in [0, 0.05) is 6.54 Å². The van der Waals surface area contributed by atoms with Crippen molar-refractivity contribution in [3.63, 3.8) is 0 Å². The number of nitrogens with one attached hydrogen (secondary N) is 1. The van der Waals surface area contributed by atoms with E-state index in [1.807, 2.05) is 11.6 Å². The van der Waals surface area contributed by atoms with E-state index in [9.17, 15) is 5.26 Å². The molecule has 20 heavy (non-hydrogen) atoms. The summed E-state index contributed by atoms with van der Waals surface area (Å²) in [6, 6.07) is 2.55. The summed E-state index contributed by atoms with van der Waals surface area (Å²) in [6.07, 6.45) is 6.95. The first-order valence-electron chi connectivity index (χ1n) is 7.47. The van der Waals surface area contributed by atoms with Crippen molar-refractivity contribution in [2.24, 2.45) is 5.92 Å². The second kappa shape index (κ2) is 6.60. The van der Waals surface area contributed by atoms with Crippen LogP contribution in [0.3, 0.4) is 0 Å². The molecule has 0 spiro atoms. The third-order valence-electron chi connectivity index (χ3n) is 4.44. The normalized spacial score (nSPS) is 25.8. The van der Waals surface area contributed by atoms with Gasteiger partial charge in [-0.3, -0.25) is 10.00 Å². The van der Waals surface area contributed by atoms with E-state index in [1.165, 1.54) is 0 Å². The molecule has 2 atom stereocenters. The van der Waals surface area contributed by atoms with Crippen molar-refractivity contribution in [3.8, 4) is 6.07 Å². The van der Waals surface area contributed by atoms with Gasteiger partial charge in [0.2, 0.25) is 0 Å². The van der Waals surface area contributed by atoms with E-state index in [0.29, 0.717) is 10.9 Å². The number of aryl methyl sites for hydroxylation is 1. The highest BCUT2D eigenvalue weighted by Gasteiger charge is 2.42. The van der Waals surface area contributed by atoms with Gasteiger partial charge in [0.25, 0.3) is 0 Å². The summed E-state index contributed by atoms with van der Waals surface area (Å²) >= 11 is 6.03. The number of nitriles is 1. The van der Waals surface area contributed by atoms with Crippen LogP contribution in [0.5, 0.6) is 0 Å². The molecule has 0 aromatic carbocycles. The van der Waals surface area contributed by atoms with Crippen LogP contribution in [0.25, 0.3) is 0 Å². The molecule has 1 saturated carbocycles. The van der Waals surface area contributed by atoms with E-state index in [-0.39, 0.29) is 5.54 Å². The maximum absolute atomic E-state index is 9.61. The summed E-state index contributed by atoms with van der Waals surface area (Å²) in [6.45, 7) is 5.87. The first kappa shape index (κ1) is 15.3. The second-order valence-electron chi connectivity index (χ2n) is 5.69. The van der Waals surface area contributed by atoms with Crippen LogP contribution in [0.4, 0.5) is 0 Å². The van der Waals surface area contributed by atoms with Gasteiger partial charge in [-0.15, -0.1) is 0 Å². The quantitative estimate of drug-likeness (QED) is 0.876. The van der Waals surface area contributed by atoms with Crippen LogP contribution in [-0.2, 0) is 6.54 Å². The molecule has 0 saturated heterocycles. The second-order valence-corrected chi connectivity index (χ2v) is 6.10. The molecule has 2 rings (SSSR count). The van der Waals surface area contributed by atoms with Crippen molar-refractivity contribution in [3.05, 3.63) is 16.9 Å². The van der Waals surface area contributed by atoms with Gasteiger partial charge < -0.3 is 0 Å². The Balaban J connectivity index is 2.00. The van der Waals surface area contributed by atoms with Crippen molar-refractivity contribution in [2.75, 3.05) is 6.54 Å². The van der Waals surface area contributed by atoms with Crippen molar-refractivity contribution in [2.45, 2.75) is 58.0 Å². The van der Waals surface area contributed by atoms with Crippen LogP contribution < -0.4 is 5.32 Å². The minimum atomic E-state index is -0.332. The van der Waals surface area contributed by atoms with Crippen molar-refractivity contribution >= 4 is 11.6 Å². The Labute approximate surface area is 126 Å². The molecule has 2 unspecified atom stereocenters. The van der Waals surface area contributed by atoms with Crippen LogP contribution in [0.15, 0.2) is 6.20 Å². The first-order chi connectivity index (χ1) is 9.63.